The van der Waals surface area contributed by atoms with Crippen molar-refractivity contribution in [2.75, 3.05) is 5.32 Å². The van der Waals surface area contributed by atoms with Gasteiger partial charge in [0.25, 0.3) is 5.91 Å². The van der Waals surface area contributed by atoms with Gasteiger partial charge < -0.3 is 15.6 Å². The molecule has 0 aliphatic carbocycles. The minimum Gasteiger partial charge on any atom is -0.350 e. The number of H-pyrrole nitrogens is 1. The van der Waals surface area contributed by atoms with E-state index in [1.165, 1.54) is 16.8 Å². The summed E-state index contributed by atoms with van der Waals surface area (Å²) < 4.78 is 15.1. The highest BCUT2D eigenvalue weighted by Crippen LogP contribution is 2.21. The lowest BCUT2D eigenvalue weighted by Gasteiger charge is -2.08. The predicted molar refractivity (Wildman–Crippen MR) is 111 cm³/mol. The zero-order valence-electron chi connectivity index (χ0n) is 16.3. The highest BCUT2D eigenvalue weighted by Gasteiger charge is 2.12. The Bertz CT molecular complexity index is 1210. The molecule has 0 saturated carbocycles. The molecule has 0 aliphatic heterocycles. The van der Waals surface area contributed by atoms with E-state index in [4.69, 9.17) is 0 Å². The van der Waals surface area contributed by atoms with Gasteiger partial charge in [-0.15, -0.1) is 0 Å². The molecular weight excluding hydrogens is 385 g/mol. The molecule has 8 heteroatoms. The fourth-order valence-electron chi connectivity index (χ4n) is 3.28. The normalized spacial score (nSPS) is 10.9. The Labute approximate surface area is 171 Å². The largest absolute Gasteiger partial charge is 0.350 e. The van der Waals surface area contributed by atoms with Gasteiger partial charge in [-0.2, -0.15) is 5.10 Å². The zero-order valence-corrected chi connectivity index (χ0v) is 16.3. The Hall–Kier alpha value is -3.94. The second kappa shape index (κ2) is 8.20. The maximum absolute atomic E-state index is 13.6. The van der Waals surface area contributed by atoms with Crippen LogP contribution in [-0.2, 0) is 17.9 Å². The zero-order chi connectivity index (χ0) is 21.1. The number of anilines is 1. The number of benzene rings is 2. The number of carbonyl (C=O) groups excluding carboxylic acids is 2. The molecule has 152 valence electrons. The minimum absolute atomic E-state index is 0.119. The predicted octanol–water partition coefficient (Wildman–Crippen LogP) is 3.38. The van der Waals surface area contributed by atoms with Gasteiger partial charge in [-0.05, 0) is 54.4 Å². The van der Waals surface area contributed by atoms with Crippen LogP contribution in [0.5, 0.6) is 0 Å². The third-order valence-electron chi connectivity index (χ3n) is 4.68. The van der Waals surface area contributed by atoms with Gasteiger partial charge in [-0.25, -0.2) is 4.39 Å². The SMILES string of the molecule is Cc1cc(F)cc2[nH]c(C(=O)NCc3cccc(NC(=O)Cn4cccn4)c3)cc12. The highest BCUT2D eigenvalue weighted by molar-refractivity contribution is 5.98. The molecule has 0 bridgehead atoms. The first-order chi connectivity index (χ1) is 14.5. The number of halogens is 1. The maximum Gasteiger partial charge on any atom is 0.267 e. The van der Waals surface area contributed by atoms with Crippen LogP contribution in [0.1, 0.15) is 21.6 Å². The average molecular weight is 405 g/mol. The number of carbonyl (C=O) groups is 2. The first-order valence-electron chi connectivity index (χ1n) is 9.41. The summed E-state index contributed by atoms with van der Waals surface area (Å²) in [6, 6.07) is 13.5. The van der Waals surface area contributed by atoms with Crippen LogP contribution < -0.4 is 10.6 Å². The molecule has 30 heavy (non-hydrogen) atoms. The summed E-state index contributed by atoms with van der Waals surface area (Å²) in [6.07, 6.45) is 3.33. The Balaban J connectivity index is 1.39. The van der Waals surface area contributed by atoms with Gasteiger partial charge in [0, 0.05) is 35.5 Å². The van der Waals surface area contributed by atoms with Gasteiger partial charge in [-0.3, -0.25) is 14.3 Å². The number of hydrogen-bond donors (Lipinski definition) is 3. The van der Waals surface area contributed by atoms with Crippen LogP contribution in [0.2, 0.25) is 0 Å². The van der Waals surface area contributed by atoms with Crippen LogP contribution in [0, 0.1) is 12.7 Å². The van der Waals surface area contributed by atoms with E-state index in [1.54, 1.807) is 49.6 Å². The highest BCUT2D eigenvalue weighted by atomic mass is 19.1. The van der Waals surface area contributed by atoms with Crippen molar-refractivity contribution in [2.45, 2.75) is 20.0 Å². The summed E-state index contributed by atoms with van der Waals surface area (Å²) in [5.41, 5.74) is 3.18. The molecule has 2 aromatic heterocycles. The molecule has 2 amide bonds. The van der Waals surface area contributed by atoms with Gasteiger partial charge >= 0.3 is 0 Å². The number of hydrogen-bond acceptors (Lipinski definition) is 3. The molecule has 0 atom stereocenters. The van der Waals surface area contributed by atoms with Crippen LogP contribution in [-0.4, -0.2) is 26.6 Å². The number of aromatic nitrogens is 3. The van der Waals surface area contributed by atoms with E-state index in [0.717, 1.165) is 16.5 Å². The monoisotopic (exact) mass is 405 g/mol. The summed E-state index contributed by atoms with van der Waals surface area (Å²) >= 11 is 0. The average Bonchev–Trinajstić information content (AvgIpc) is 3.36. The molecule has 4 aromatic rings. The van der Waals surface area contributed by atoms with Crippen molar-refractivity contribution in [1.29, 1.82) is 0 Å². The van der Waals surface area contributed by atoms with Crippen molar-refractivity contribution in [3.8, 4) is 0 Å². The fraction of sp³-hybridized carbons (Fsp3) is 0.136. The second-order valence-corrected chi connectivity index (χ2v) is 7.00. The van der Waals surface area contributed by atoms with Crippen LogP contribution in [0.4, 0.5) is 10.1 Å². The van der Waals surface area contributed by atoms with Crippen LogP contribution >= 0.6 is 0 Å². The lowest BCUT2D eigenvalue weighted by atomic mass is 10.1. The van der Waals surface area contributed by atoms with Crippen molar-refractivity contribution in [2.24, 2.45) is 0 Å². The first-order valence-corrected chi connectivity index (χ1v) is 9.41. The van der Waals surface area contributed by atoms with E-state index in [9.17, 15) is 14.0 Å². The van der Waals surface area contributed by atoms with Crippen LogP contribution in [0.15, 0.2) is 60.9 Å². The van der Waals surface area contributed by atoms with Gasteiger partial charge in [-0.1, -0.05) is 12.1 Å². The van der Waals surface area contributed by atoms with Crippen LogP contribution in [0.3, 0.4) is 0 Å². The topological polar surface area (TPSA) is 91.8 Å². The van der Waals surface area contributed by atoms with Gasteiger partial charge in [0.2, 0.25) is 5.91 Å². The van der Waals surface area contributed by atoms with Crippen molar-refractivity contribution >= 4 is 28.4 Å². The standard InChI is InChI=1S/C22H20FN5O2/c1-14-8-16(23)10-19-18(14)11-20(27-19)22(30)24-12-15-4-2-5-17(9-15)26-21(29)13-28-7-3-6-25-28/h2-11,27H,12-13H2,1H3,(H,24,30)(H,26,29). The molecule has 7 nitrogen and oxygen atoms in total. The van der Waals surface area contributed by atoms with Gasteiger partial charge in [0.1, 0.15) is 18.1 Å². The number of amides is 2. The van der Waals surface area contributed by atoms with E-state index in [2.05, 4.69) is 20.7 Å². The summed E-state index contributed by atoms with van der Waals surface area (Å²) in [6.45, 7) is 2.20. The number of aryl methyl sites for hydroxylation is 1. The molecule has 4 rings (SSSR count). The van der Waals surface area contributed by atoms with E-state index in [-0.39, 0.29) is 30.7 Å². The molecule has 0 radical (unpaired) electrons. The number of fused-ring (bicyclic) bond motifs is 1. The quantitative estimate of drug-likeness (QED) is 0.459. The molecule has 2 aromatic carbocycles. The number of rotatable bonds is 6. The Morgan fingerprint density at radius 2 is 2.03 bits per heavy atom. The fourth-order valence-corrected chi connectivity index (χ4v) is 3.28. The Kier molecular flexibility index (Phi) is 5.30. The van der Waals surface area contributed by atoms with E-state index in [1.807, 2.05) is 6.07 Å². The molecule has 0 saturated heterocycles. The van der Waals surface area contributed by atoms with Crippen molar-refractivity contribution in [3.05, 3.63) is 83.6 Å². The molecule has 0 fully saturated rings. The van der Waals surface area contributed by atoms with Crippen molar-refractivity contribution in [3.63, 3.8) is 0 Å². The van der Waals surface area contributed by atoms with E-state index < -0.39 is 0 Å². The molecule has 2 heterocycles. The van der Waals surface area contributed by atoms with E-state index in [0.29, 0.717) is 16.9 Å². The smallest absolute Gasteiger partial charge is 0.267 e. The first kappa shape index (κ1) is 19.4. The number of nitrogens with zero attached hydrogens (tertiary/aromatic N) is 2. The molecule has 0 aliphatic rings. The molecular formula is C22H20FN5O2. The van der Waals surface area contributed by atoms with Gasteiger partial charge in [0.15, 0.2) is 0 Å². The minimum atomic E-state index is -0.347. The van der Waals surface area contributed by atoms with Crippen molar-refractivity contribution < 1.29 is 14.0 Å². The molecule has 3 N–H and O–H groups in total. The number of aromatic amines is 1. The molecule has 0 spiro atoms. The lowest BCUT2D eigenvalue weighted by molar-refractivity contribution is -0.116. The van der Waals surface area contributed by atoms with Crippen LogP contribution in [0.25, 0.3) is 10.9 Å². The summed E-state index contributed by atoms with van der Waals surface area (Å²) in [4.78, 5) is 27.6. The van der Waals surface area contributed by atoms with Gasteiger partial charge in [0.05, 0.1) is 0 Å². The van der Waals surface area contributed by atoms with Crippen molar-refractivity contribution in [1.82, 2.24) is 20.1 Å². The third-order valence-corrected chi connectivity index (χ3v) is 4.68. The Morgan fingerprint density at radius 1 is 1.17 bits per heavy atom. The maximum atomic E-state index is 13.6. The summed E-state index contributed by atoms with van der Waals surface area (Å²) in [7, 11) is 0. The summed E-state index contributed by atoms with van der Waals surface area (Å²) in [5, 5.41) is 10.5. The Morgan fingerprint density at radius 3 is 2.83 bits per heavy atom. The van der Waals surface area contributed by atoms with E-state index >= 15 is 0 Å². The third kappa shape index (κ3) is 4.38. The summed E-state index contributed by atoms with van der Waals surface area (Å²) in [5.74, 6) is -0.833. The second-order valence-electron chi connectivity index (χ2n) is 7.00. The molecule has 0 unspecified atom stereocenters. The lowest BCUT2D eigenvalue weighted by Crippen LogP contribution is -2.23. The number of nitrogens with one attached hydrogen (secondary N) is 3.